The lowest BCUT2D eigenvalue weighted by molar-refractivity contribution is -0.137. The monoisotopic (exact) mass is 288 g/mol. The molecule has 0 radical (unpaired) electrons. The third kappa shape index (κ3) is 9.61. The van der Waals surface area contributed by atoms with Crippen LogP contribution < -0.4 is 10.6 Å². The molecule has 2 unspecified atom stereocenters. The maximum atomic E-state index is 11.8. The Kier molecular flexibility index (Phi) is 9.80. The van der Waals surface area contributed by atoms with Gasteiger partial charge in [0.15, 0.2) is 0 Å². The van der Waals surface area contributed by atoms with Gasteiger partial charge in [-0.25, -0.2) is 4.79 Å². The van der Waals surface area contributed by atoms with Gasteiger partial charge in [-0.3, -0.25) is 4.79 Å². The van der Waals surface area contributed by atoms with Gasteiger partial charge < -0.3 is 20.5 Å². The van der Waals surface area contributed by atoms with Crippen molar-refractivity contribution in [3.63, 3.8) is 0 Å². The molecule has 0 bridgehead atoms. The molecule has 6 heteroatoms. The van der Waals surface area contributed by atoms with Crippen LogP contribution in [0.4, 0.5) is 4.79 Å². The zero-order chi connectivity index (χ0) is 15.5. The summed E-state index contributed by atoms with van der Waals surface area (Å²) in [7, 11) is 0. The van der Waals surface area contributed by atoms with E-state index in [0.717, 1.165) is 0 Å². The second-order valence-electron chi connectivity index (χ2n) is 5.40. The Morgan fingerprint density at radius 1 is 1.25 bits per heavy atom. The van der Waals surface area contributed by atoms with Crippen LogP contribution in [0.15, 0.2) is 0 Å². The van der Waals surface area contributed by atoms with E-state index in [4.69, 9.17) is 9.84 Å². The summed E-state index contributed by atoms with van der Waals surface area (Å²) < 4.78 is 5.34. The van der Waals surface area contributed by atoms with Gasteiger partial charge in [0.25, 0.3) is 0 Å². The Morgan fingerprint density at radius 3 is 2.40 bits per heavy atom. The molecule has 118 valence electrons. The van der Waals surface area contributed by atoms with Crippen LogP contribution in [-0.2, 0) is 9.53 Å². The fraction of sp³-hybridized carbons (Fsp3) is 0.857. The third-order valence-corrected chi connectivity index (χ3v) is 3.08. The first kappa shape index (κ1) is 18.7. The molecule has 0 aromatic carbocycles. The van der Waals surface area contributed by atoms with Gasteiger partial charge >= 0.3 is 12.0 Å². The van der Waals surface area contributed by atoms with Crippen molar-refractivity contribution < 1.29 is 19.4 Å². The lowest BCUT2D eigenvalue weighted by atomic mass is 10.1. The number of hydrogen-bond acceptors (Lipinski definition) is 3. The van der Waals surface area contributed by atoms with E-state index in [1.165, 1.54) is 0 Å². The number of aliphatic carboxylic acids is 1. The van der Waals surface area contributed by atoms with Gasteiger partial charge in [-0.1, -0.05) is 20.8 Å². The minimum Gasteiger partial charge on any atom is -0.481 e. The zero-order valence-corrected chi connectivity index (χ0v) is 12.9. The Balaban J connectivity index is 3.97. The van der Waals surface area contributed by atoms with Crippen molar-refractivity contribution in [1.29, 1.82) is 0 Å². The van der Waals surface area contributed by atoms with Crippen LogP contribution in [-0.4, -0.2) is 42.9 Å². The highest BCUT2D eigenvalue weighted by Crippen LogP contribution is 2.04. The molecule has 0 spiro atoms. The number of hydrogen-bond donors (Lipinski definition) is 3. The van der Waals surface area contributed by atoms with Gasteiger partial charge in [-0.15, -0.1) is 0 Å². The van der Waals surface area contributed by atoms with Gasteiger partial charge in [0.2, 0.25) is 0 Å². The molecule has 20 heavy (non-hydrogen) atoms. The van der Waals surface area contributed by atoms with Crippen LogP contribution in [0.5, 0.6) is 0 Å². The fourth-order valence-electron chi connectivity index (χ4n) is 1.60. The highest BCUT2D eigenvalue weighted by atomic mass is 16.5. The first-order valence-corrected chi connectivity index (χ1v) is 7.20. The molecule has 6 nitrogen and oxygen atoms in total. The van der Waals surface area contributed by atoms with Crippen molar-refractivity contribution in [2.24, 2.45) is 11.8 Å². The molecule has 3 N–H and O–H groups in total. The van der Waals surface area contributed by atoms with Crippen LogP contribution in [0.3, 0.4) is 0 Å². The van der Waals surface area contributed by atoms with Gasteiger partial charge in [0, 0.05) is 19.6 Å². The van der Waals surface area contributed by atoms with Gasteiger partial charge in [-0.05, 0) is 25.2 Å². The van der Waals surface area contributed by atoms with E-state index in [2.05, 4.69) is 10.6 Å². The topological polar surface area (TPSA) is 87.7 Å². The summed E-state index contributed by atoms with van der Waals surface area (Å²) >= 11 is 0. The molecule has 0 saturated carbocycles. The Morgan fingerprint density at radius 2 is 1.90 bits per heavy atom. The van der Waals surface area contributed by atoms with Crippen LogP contribution in [0.1, 0.15) is 40.5 Å². The van der Waals surface area contributed by atoms with Crippen LogP contribution in [0, 0.1) is 11.8 Å². The summed E-state index contributed by atoms with van der Waals surface area (Å²) in [4.78, 5) is 22.2. The molecule has 0 aliphatic rings. The molecular weight excluding hydrogens is 260 g/mol. The minimum absolute atomic E-state index is 0.0238. The van der Waals surface area contributed by atoms with Gasteiger partial charge in [0.1, 0.15) is 0 Å². The van der Waals surface area contributed by atoms with Crippen molar-refractivity contribution in [2.75, 3.05) is 19.8 Å². The summed E-state index contributed by atoms with van der Waals surface area (Å²) in [6.07, 6.45) is 0.686. The number of carboxylic acid groups (broad SMARTS) is 1. The van der Waals surface area contributed by atoms with Crippen molar-refractivity contribution >= 4 is 12.0 Å². The predicted octanol–water partition coefficient (Wildman–Crippen LogP) is 1.85. The van der Waals surface area contributed by atoms with Crippen LogP contribution >= 0.6 is 0 Å². The summed E-state index contributed by atoms with van der Waals surface area (Å²) in [5.74, 6) is -0.379. The Hall–Kier alpha value is -1.30. The molecule has 0 aliphatic carbocycles. The van der Waals surface area contributed by atoms with E-state index >= 15 is 0 Å². The number of nitrogens with one attached hydrogen (secondary N) is 2. The van der Waals surface area contributed by atoms with E-state index < -0.39 is 5.97 Å². The van der Waals surface area contributed by atoms with E-state index in [9.17, 15) is 9.59 Å². The number of rotatable bonds is 10. The van der Waals surface area contributed by atoms with E-state index in [0.29, 0.717) is 26.2 Å². The molecule has 0 aromatic heterocycles. The standard InChI is InChI=1S/C14H28N2O4/c1-5-20-9-12(10(2)3)16-14(19)15-8-11(4)6-7-13(17)18/h10-12H,5-9H2,1-4H3,(H,17,18)(H2,15,16,19). The van der Waals surface area contributed by atoms with E-state index in [1.54, 1.807) is 0 Å². The normalized spacial score (nSPS) is 13.8. The van der Waals surface area contributed by atoms with Crippen LogP contribution in [0.25, 0.3) is 0 Å². The first-order valence-electron chi connectivity index (χ1n) is 7.20. The SMILES string of the molecule is CCOCC(NC(=O)NCC(C)CCC(=O)O)C(C)C. The summed E-state index contributed by atoms with van der Waals surface area (Å²) in [5.41, 5.74) is 0. The largest absolute Gasteiger partial charge is 0.481 e. The highest BCUT2D eigenvalue weighted by Gasteiger charge is 2.16. The zero-order valence-electron chi connectivity index (χ0n) is 12.9. The maximum absolute atomic E-state index is 11.8. The lowest BCUT2D eigenvalue weighted by Crippen LogP contribution is -2.47. The predicted molar refractivity (Wildman–Crippen MR) is 77.7 cm³/mol. The number of amides is 2. The second kappa shape index (κ2) is 10.5. The van der Waals surface area contributed by atoms with E-state index in [-0.39, 0.29) is 30.3 Å². The minimum atomic E-state index is -0.808. The molecule has 0 heterocycles. The molecular formula is C14H28N2O4. The molecule has 2 amide bonds. The Bertz CT molecular complexity index is 295. The van der Waals surface area contributed by atoms with Gasteiger partial charge in [-0.2, -0.15) is 0 Å². The number of carboxylic acids is 1. The molecule has 2 atom stereocenters. The van der Waals surface area contributed by atoms with Crippen molar-refractivity contribution in [3.8, 4) is 0 Å². The highest BCUT2D eigenvalue weighted by molar-refractivity contribution is 5.74. The summed E-state index contributed by atoms with van der Waals surface area (Å²) in [6, 6.07) is -0.255. The number of carbonyl (C=O) groups excluding carboxylic acids is 1. The fourth-order valence-corrected chi connectivity index (χ4v) is 1.60. The lowest BCUT2D eigenvalue weighted by Gasteiger charge is -2.22. The second-order valence-corrected chi connectivity index (χ2v) is 5.40. The number of carbonyl (C=O) groups is 2. The molecule has 0 fully saturated rings. The van der Waals surface area contributed by atoms with Crippen molar-refractivity contribution in [2.45, 2.75) is 46.6 Å². The Labute approximate surface area is 121 Å². The van der Waals surface area contributed by atoms with Crippen molar-refractivity contribution in [3.05, 3.63) is 0 Å². The molecule has 0 aromatic rings. The van der Waals surface area contributed by atoms with Gasteiger partial charge in [0.05, 0.1) is 12.6 Å². The van der Waals surface area contributed by atoms with Crippen molar-refractivity contribution in [1.82, 2.24) is 10.6 Å². The average molecular weight is 288 g/mol. The quantitative estimate of drug-likeness (QED) is 0.572. The molecule has 0 rings (SSSR count). The maximum Gasteiger partial charge on any atom is 0.315 e. The molecule has 0 aliphatic heterocycles. The smallest absolute Gasteiger partial charge is 0.315 e. The first-order chi connectivity index (χ1) is 9.36. The number of ether oxygens (including phenoxy) is 1. The number of urea groups is 1. The summed E-state index contributed by atoms with van der Waals surface area (Å²) in [5, 5.41) is 14.2. The molecule has 0 saturated heterocycles. The van der Waals surface area contributed by atoms with E-state index in [1.807, 2.05) is 27.7 Å². The average Bonchev–Trinajstić information content (AvgIpc) is 2.38. The summed E-state index contributed by atoms with van der Waals surface area (Å²) in [6.45, 7) is 9.48. The third-order valence-electron chi connectivity index (χ3n) is 3.08. The van der Waals surface area contributed by atoms with Crippen LogP contribution in [0.2, 0.25) is 0 Å².